The smallest absolute Gasteiger partial charge is 0.338 e. The lowest BCUT2D eigenvalue weighted by molar-refractivity contribution is -0.121. The fourth-order valence-electron chi connectivity index (χ4n) is 3.97. The zero-order valence-corrected chi connectivity index (χ0v) is 21.3. The van der Waals surface area contributed by atoms with Gasteiger partial charge < -0.3 is 14.6 Å². The van der Waals surface area contributed by atoms with Crippen molar-refractivity contribution in [3.63, 3.8) is 0 Å². The first-order valence-corrected chi connectivity index (χ1v) is 12.7. The van der Waals surface area contributed by atoms with Gasteiger partial charge in [0, 0.05) is 22.3 Å². The second-order valence-electron chi connectivity index (χ2n) is 8.65. The maximum Gasteiger partial charge on any atom is 0.338 e. The third kappa shape index (κ3) is 6.99. The number of amides is 1. The number of hydrogen-bond acceptors (Lipinski definition) is 7. The molecule has 2 aromatic carbocycles. The molecule has 1 aromatic heterocycles. The number of anilines is 1. The molecule has 1 saturated heterocycles. The summed E-state index contributed by atoms with van der Waals surface area (Å²) < 4.78 is 11.7. The number of esters is 1. The minimum atomic E-state index is -0.344. The van der Waals surface area contributed by atoms with Crippen LogP contribution in [0.25, 0.3) is 11.4 Å². The first-order valence-electron chi connectivity index (χ1n) is 11.9. The molecule has 1 unspecified atom stereocenters. The molecule has 0 saturated carbocycles. The van der Waals surface area contributed by atoms with Gasteiger partial charge in [-0.2, -0.15) is 4.98 Å². The van der Waals surface area contributed by atoms with Crippen LogP contribution in [-0.2, 0) is 16.1 Å². The minimum Gasteiger partial charge on any atom is -0.462 e. The standard InChI is InChI=1S/C26H29BrN4O4/c1-2-3-15-34-26(33)19-8-12-22(13-9-19)28-25(32)20-5-4-14-31(16-20)17-23-29-24(30-35-23)18-6-10-21(27)11-7-18/h6-13,20H,2-5,14-17H2,1H3,(H,28,32). The Labute approximate surface area is 213 Å². The van der Waals surface area contributed by atoms with Crippen LogP contribution in [-0.4, -0.2) is 46.6 Å². The van der Waals surface area contributed by atoms with Gasteiger partial charge in [-0.05, 0) is 74.3 Å². The van der Waals surface area contributed by atoms with Gasteiger partial charge in [0.15, 0.2) is 0 Å². The van der Waals surface area contributed by atoms with E-state index in [1.165, 1.54) is 0 Å². The number of nitrogens with one attached hydrogen (secondary N) is 1. The van der Waals surface area contributed by atoms with Crippen LogP contribution in [0.4, 0.5) is 5.69 Å². The molecule has 1 aliphatic heterocycles. The molecule has 4 rings (SSSR count). The minimum absolute atomic E-state index is 0.0333. The van der Waals surface area contributed by atoms with E-state index in [9.17, 15) is 9.59 Å². The normalized spacial score (nSPS) is 16.1. The largest absolute Gasteiger partial charge is 0.462 e. The number of likely N-dealkylation sites (tertiary alicyclic amines) is 1. The summed E-state index contributed by atoms with van der Waals surface area (Å²) in [5.41, 5.74) is 2.03. The van der Waals surface area contributed by atoms with E-state index in [1.807, 2.05) is 31.2 Å². The van der Waals surface area contributed by atoms with Crippen LogP contribution in [0.3, 0.4) is 0 Å². The highest BCUT2D eigenvalue weighted by atomic mass is 79.9. The molecule has 0 bridgehead atoms. The highest BCUT2D eigenvalue weighted by molar-refractivity contribution is 9.10. The number of carbonyl (C=O) groups excluding carboxylic acids is 2. The summed E-state index contributed by atoms with van der Waals surface area (Å²) in [5.74, 6) is 0.566. The molecule has 8 nitrogen and oxygen atoms in total. The molecule has 1 atom stereocenters. The van der Waals surface area contributed by atoms with Crippen molar-refractivity contribution in [3.05, 3.63) is 64.5 Å². The van der Waals surface area contributed by atoms with Crippen molar-refractivity contribution >= 4 is 33.5 Å². The first kappa shape index (κ1) is 25.1. The molecular weight excluding hydrogens is 512 g/mol. The molecule has 0 spiro atoms. The molecule has 9 heteroatoms. The second kappa shape index (κ2) is 12.1. The Kier molecular flexibility index (Phi) is 8.65. The van der Waals surface area contributed by atoms with Crippen LogP contribution in [0.15, 0.2) is 57.5 Å². The maximum absolute atomic E-state index is 12.9. The number of benzene rings is 2. The Morgan fingerprint density at radius 1 is 1.17 bits per heavy atom. The Hall–Kier alpha value is -3.04. The molecule has 184 valence electrons. The van der Waals surface area contributed by atoms with Gasteiger partial charge in [0.05, 0.1) is 24.6 Å². The predicted molar refractivity (Wildman–Crippen MR) is 136 cm³/mol. The molecule has 0 aliphatic carbocycles. The van der Waals surface area contributed by atoms with Crippen molar-refractivity contribution in [3.8, 4) is 11.4 Å². The van der Waals surface area contributed by atoms with Gasteiger partial charge in [-0.25, -0.2) is 4.79 Å². The lowest BCUT2D eigenvalue weighted by Crippen LogP contribution is -2.40. The molecule has 2 heterocycles. The van der Waals surface area contributed by atoms with Crippen molar-refractivity contribution in [1.82, 2.24) is 15.0 Å². The summed E-state index contributed by atoms with van der Waals surface area (Å²) in [5, 5.41) is 7.06. The number of ether oxygens (including phenoxy) is 1. The van der Waals surface area contributed by atoms with Gasteiger partial charge >= 0.3 is 5.97 Å². The summed E-state index contributed by atoms with van der Waals surface area (Å²) >= 11 is 3.42. The SMILES string of the molecule is CCCCOC(=O)c1ccc(NC(=O)C2CCCN(Cc3nc(-c4ccc(Br)cc4)no3)C2)cc1. The molecule has 1 N–H and O–H groups in total. The highest BCUT2D eigenvalue weighted by Gasteiger charge is 2.27. The number of unbranched alkanes of at least 4 members (excludes halogenated alkanes) is 1. The quantitative estimate of drug-likeness (QED) is 0.290. The van der Waals surface area contributed by atoms with Crippen LogP contribution < -0.4 is 5.32 Å². The Morgan fingerprint density at radius 3 is 2.69 bits per heavy atom. The Bertz CT molecular complexity index is 1130. The van der Waals surface area contributed by atoms with Gasteiger partial charge in [-0.15, -0.1) is 0 Å². The number of piperidine rings is 1. The summed E-state index contributed by atoms with van der Waals surface area (Å²) in [6.07, 6.45) is 3.54. The summed E-state index contributed by atoms with van der Waals surface area (Å²) in [7, 11) is 0. The number of halogens is 1. The number of carbonyl (C=O) groups is 2. The fraction of sp³-hybridized carbons (Fsp3) is 0.385. The van der Waals surface area contributed by atoms with E-state index in [1.54, 1.807) is 24.3 Å². The molecule has 0 radical (unpaired) electrons. The molecule has 1 fully saturated rings. The van der Waals surface area contributed by atoms with Gasteiger partial charge in [-0.3, -0.25) is 9.69 Å². The number of aromatic nitrogens is 2. The van der Waals surface area contributed by atoms with Crippen molar-refractivity contribution < 1.29 is 18.8 Å². The van der Waals surface area contributed by atoms with Gasteiger partial charge in [0.1, 0.15) is 0 Å². The van der Waals surface area contributed by atoms with E-state index in [2.05, 4.69) is 36.3 Å². The predicted octanol–water partition coefficient (Wildman–Crippen LogP) is 5.31. The zero-order chi connectivity index (χ0) is 24.6. The molecule has 3 aromatic rings. The maximum atomic E-state index is 12.9. The van der Waals surface area contributed by atoms with Crippen molar-refractivity contribution in [2.24, 2.45) is 5.92 Å². The third-order valence-corrected chi connectivity index (χ3v) is 6.45. The number of rotatable bonds is 9. The van der Waals surface area contributed by atoms with E-state index in [0.717, 1.165) is 42.3 Å². The van der Waals surface area contributed by atoms with Crippen LogP contribution in [0, 0.1) is 5.92 Å². The van der Waals surface area contributed by atoms with Gasteiger partial charge in [0.25, 0.3) is 0 Å². The van der Waals surface area contributed by atoms with Crippen LogP contribution in [0.2, 0.25) is 0 Å². The van der Waals surface area contributed by atoms with Crippen molar-refractivity contribution in [2.75, 3.05) is 25.0 Å². The molecule has 35 heavy (non-hydrogen) atoms. The molecule has 1 aliphatic rings. The Morgan fingerprint density at radius 2 is 1.94 bits per heavy atom. The number of nitrogens with zero attached hydrogens (tertiary/aromatic N) is 3. The summed E-state index contributed by atoms with van der Waals surface area (Å²) in [6, 6.07) is 14.6. The lowest BCUT2D eigenvalue weighted by Gasteiger charge is -2.30. The topological polar surface area (TPSA) is 97.6 Å². The fourth-order valence-corrected chi connectivity index (χ4v) is 4.23. The Balaban J connectivity index is 1.29. The van der Waals surface area contributed by atoms with Crippen molar-refractivity contribution in [1.29, 1.82) is 0 Å². The van der Waals surface area contributed by atoms with Crippen LogP contribution in [0.5, 0.6) is 0 Å². The highest BCUT2D eigenvalue weighted by Crippen LogP contribution is 2.23. The van der Waals surface area contributed by atoms with Crippen LogP contribution >= 0.6 is 15.9 Å². The second-order valence-corrected chi connectivity index (χ2v) is 9.56. The first-order chi connectivity index (χ1) is 17.0. The van der Waals surface area contributed by atoms with E-state index >= 15 is 0 Å². The third-order valence-electron chi connectivity index (χ3n) is 5.92. The van der Waals surface area contributed by atoms with E-state index in [4.69, 9.17) is 9.26 Å². The monoisotopic (exact) mass is 540 g/mol. The lowest BCUT2D eigenvalue weighted by atomic mass is 9.97. The average Bonchev–Trinajstić information content (AvgIpc) is 3.33. The number of hydrogen-bond donors (Lipinski definition) is 1. The van der Waals surface area contributed by atoms with Crippen LogP contribution in [0.1, 0.15) is 48.9 Å². The summed E-state index contributed by atoms with van der Waals surface area (Å²) in [6.45, 7) is 4.45. The van der Waals surface area contributed by atoms with E-state index in [0.29, 0.717) is 42.7 Å². The zero-order valence-electron chi connectivity index (χ0n) is 19.7. The van der Waals surface area contributed by atoms with Gasteiger partial charge in [0.2, 0.25) is 17.6 Å². The van der Waals surface area contributed by atoms with E-state index < -0.39 is 0 Å². The average molecular weight is 541 g/mol. The van der Waals surface area contributed by atoms with Gasteiger partial charge in [-0.1, -0.05) is 34.4 Å². The molecular formula is C26H29BrN4O4. The van der Waals surface area contributed by atoms with E-state index in [-0.39, 0.29) is 17.8 Å². The summed E-state index contributed by atoms with van der Waals surface area (Å²) in [4.78, 5) is 31.6. The molecule has 1 amide bonds. The van der Waals surface area contributed by atoms with Crippen molar-refractivity contribution in [2.45, 2.75) is 39.2 Å².